The van der Waals surface area contributed by atoms with Crippen molar-refractivity contribution in [2.24, 2.45) is 5.14 Å². The van der Waals surface area contributed by atoms with Crippen LogP contribution in [0.15, 0.2) is 96.5 Å². The molecule has 0 amide bonds. The minimum Gasteiger partial charge on any atom is -0.456 e. The maximum atomic E-state index is 14.1. The highest BCUT2D eigenvalue weighted by Gasteiger charge is 2.31. The molecule has 0 saturated carbocycles. The Hall–Kier alpha value is -4.73. The van der Waals surface area contributed by atoms with Crippen molar-refractivity contribution >= 4 is 32.5 Å². The number of benzene rings is 3. The number of rotatable bonds is 5. The van der Waals surface area contributed by atoms with E-state index < -0.39 is 27.6 Å². The molecule has 6 aromatic rings. The molecular formula is C27H18F4N6O3S2. The van der Waals surface area contributed by atoms with Crippen molar-refractivity contribution in [2.45, 2.75) is 11.1 Å². The average molecular weight is 615 g/mol. The summed E-state index contributed by atoms with van der Waals surface area (Å²) in [6, 6.07) is 15.9. The highest BCUT2D eigenvalue weighted by molar-refractivity contribution is 7.89. The Labute approximate surface area is 239 Å². The number of nitrogens with zero attached hydrogens (tertiary/aromatic N) is 4. The predicted molar refractivity (Wildman–Crippen MR) is 148 cm³/mol. The van der Waals surface area contributed by atoms with Gasteiger partial charge in [-0.15, -0.1) is 0 Å². The van der Waals surface area contributed by atoms with Crippen LogP contribution in [0.4, 0.5) is 17.6 Å². The second kappa shape index (κ2) is 11.6. The first-order valence-corrected chi connectivity index (χ1v) is 14.1. The van der Waals surface area contributed by atoms with Gasteiger partial charge in [0.15, 0.2) is 5.82 Å². The Bertz CT molecular complexity index is 1950. The molecule has 0 atom stereocenters. The molecule has 0 aliphatic rings. The molecule has 0 aliphatic heterocycles. The third kappa shape index (κ3) is 6.27. The lowest BCUT2D eigenvalue weighted by molar-refractivity contribution is -0.137. The van der Waals surface area contributed by atoms with Gasteiger partial charge in [0, 0.05) is 22.9 Å². The molecule has 0 unspecified atom stereocenters. The van der Waals surface area contributed by atoms with E-state index in [1.807, 2.05) is 0 Å². The molecule has 214 valence electrons. The van der Waals surface area contributed by atoms with Gasteiger partial charge in [-0.05, 0) is 54.0 Å². The molecule has 0 spiro atoms. The number of H-pyrrole nitrogens is 1. The number of primary sulfonamides is 1. The Kier molecular flexibility index (Phi) is 7.98. The molecule has 0 aliphatic carbocycles. The monoisotopic (exact) mass is 614 g/mol. The van der Waals surface area contributed by atoms with Crippen LogP contribution in [0.25, 0.3) is 32.6 Å². The minimum absolute atomic E-state index is 0.0711. The van der Waals surface area contributed by atoms with Gasteiger partial charge in [-0.3, -0.25) is 0 Å². The van der Waals surface area contributed by atoms with E-state index in [1.165, 1.54) is 43.1 Å². The van der Waals surface area contributed by atoms with Crippen molar-refractivity contribution in [3.05, 3.63) is 103 Å². The third-order valence-electron chi connectivity index (χ3n) is 5.83. The number of aromatic nitrogens is 5. The van der Waals surface area contributed by atoms with Crippen LogP contribution in [0.1, 0.15) is 5.56 Å². The van der Waals surface area contributed by atoms with E-state index in [0.717, 1.165) is 23.7 Å². The molecule has 0 fully saturated rings. The number of aromatic amines is 1. The fourth-order valence-electron chi connectivity index (χ4n) is 3.97. The summed E-state index contributed by atoms with van der Waals surface area (Å²) in [5, 5.41) is 13.2. The van der Waals surface area contributed by atoms with E-state index in [9.17, 15) is 26.0 Å². The summed E-state index contributed by atoms with van der Waals surface area (Å²) < 4.78 is 85.7. The summed E-state index contributed by atoms with van der Waals surface area (Å²) in [4.78, 5) is 6.79. The highest BCUT2D eigenvalue weighted by atomic mass is 32.2. The average Bonchev–Trinajstić information content (AvgIpc) is 3.64. The number of nitrogens with two attached hydrogens (primary N) is 1. The lowest BCUT2D eigenvalue weighted by Crippen LogP contribution is -2.13. The topological polar surface area (TPSA) is 137 Å². The number of sulfonamides is 1. The van der Waals surface area contributed by atoms with Gasteiger partial charge in [0.2, 0.25) is 10.0 Å². The summed E-state index contributed by atoms with van der Waals surface area (Å²) in [5.74, 6) is -0.182. The number of hydrogen-bond acceptors (Lipinski definition) is 8. The van der Waals surface area contributed by atoms with Gasteiger partial charge in [0.05, 0.1) is 33.8 Å². The summed E-state index contributed by atoms with van der Waals surface area (Å²) in [6.45, 7) is 0. The van der Waals surface area contributed by atoms with E-state index in [4.69, 9.17) is 9.88 Å². The Morgan fingerprint density at radius 2 is 1.74 bits per heavy atom. The Morgan fingerprint density at radius 3 is 2.43 bits per heavy atom. The number of fused-ring (bicyclic) bond motifs is 1. The SMILES string of the molecule is Fc1c[nH]c2cccc(Oc3ccc(C(F)(F)F)cc3-c3ccnnc3)c12.NS(=O)(=O)c1ccccc1-c1ncns1. The van der Waals surface area contributed by atoms with Gasteiger partial charge < -0.3 is 9.72 Å². The summed E-state index contributed by atoms with van der Waals surface area (Å²) in [5.41, 5.74) is 0.750. The molecule has 3 aromatic heterocycles. The van der Waals surface area contributed by atoms with Gasteiger partial charge in [-0.2, -0.15) is 27.7 Å². The summed E-state index contributed by atoms with van der Waals surface area (Å²) >= 11 is 1.13. The van der Waals surface area contributed by atoms with Crippen LogP contribution in [-0.4, -0.2) is 33.0 Å². The smallest absolute Gasteiger partial charge is 0.416 e. The van der Waals surface area contributed by atoms with Crippen LogP contribution < -0.4 is 9.88 Å². The molecule has 3 heterocycles. The van der Waals surface area contributed by atoms with Crippen LogP contribution in [0.5, 0.6) is 11.5 Å². The van der Waals surface area contributed by atoms with Gasteiger partial charge in [0.1, 0.15) is 22.8 Å². The molecule has 15 heteroatoms. The first kappa shape index (κ1) is 28.8. The number of ether oxygens (including phenoxy) is 1. The second-order valence-corrected chi connectivity index (χ2v) is 10.9. The van der Waals surface area contributed by atoms with Crippen LogP contribution >= 0.6 is 11.5 Å². The molecule has 0 bridgehead atoms. The zero-order valence-corrected chi connectivity index (χ0v) is 22.7. The Balaban J connectivity index is 0.000000199. The lowest BCUT2D eigenvalue weighted by Gasteiger charge is -2.15. The van der Waals surface area contributed by atoms with E-state index >= 15 is 0 Å². The van der Waals surface area contributed by atoms with Crippen molar-refractivity contribution in [2.75, 3.05) is 0 Å². The Morgan fingerprint density at radius 1 is 0.929 bits per heavy atom. The van der Waals surface area contributed by atoms with Gasteiger partial charge in [-0.25, -0.2) is 22.9 Å². The first-order valence-electron chi connectivity index (χ1n) is 11.8. The van der Waals surface area contributed by atoms with Crippen molar-refractivity contribution in [1.82, 2.24) is 24.5 Å². The zero-order chi connectivity index (χ0) is 29.9. The van der Waals surface area contributed by atoms with E-state index in [2.05, 4.69) is 24.5 Å². The maximum Gasteiger partial charge on any atom is 0.416 e. The number of alkyl halides is 3. The first-order chi connectivity index (χ1) is 20.0. The third-order valence-corrected chi connectivity index (χ3v) is 7.49. The molecule has 0 radical (unpaired) electrons. The highest BCUT2D eigenvalue weighted by Crippen LogP contribution is 2.40. The van der Waals surface area contributed by atoms with Crippen LogP contribution in [-0.2, 0) is 16.2 Å². The van der Waals surface area contributed by atoms with Gasteiger partial charge >= 0.3 is 6.18 Å². The number of nitrogens with one attached hydrogen (secondary N) is 1. The van der Waals surface area contributed by atoms with E-state index in [1.54, 1.807) is 36.4 Å². The fraction of sp³-hybridized carbons (Fsp3) is 0.0370. The second-order valence-electron chi connectivity index (χ2n) is 8.54. The molecule has 6 rings (SSSR count). The largest absolute Gasteiger partial charge is 0.456 e. The molecule has 3 N–H and O–H groups in total. The van der Waals surface area contributed by atoms with Gasteiger partial charge in [0.25, 0.3) is 0 Å². The van der Waals surface area contributed by atoms with Crippen molar-refractivity contribution in [1.29, 1.82) is 0 Å². The minimum atomic E-state index is -4.51. The quantitative estimate of drug-likeness (QED) is 0.214. The van der Waals surface area contributed by atoms with Crippen LogP contribution in [0, 0.1) is 5.82 Å². The van der Waals surface area contributed by atoms with Crippen LogP contribution in [0.3, 0.4) is 0 Å². The van der Waals surface area contributed by atoms with Crippen molar-refractivity contribution in [3.63, 3.8) is 0 Å². The molecular weight excluding hydrogens is 596 g/mol. The standard InChI is InChI=1S/C19H11F4N3O.C8H7N3O2S2/c20-14-10-24-15-2-1-3-17(18(14)15)27-16-5-4-12(19(21,22)23)8-13(16)11-6-7-25-26-9-11;9-15(12,13)7-4-2-1-3-6(7)8-10-5-11-14-8/h1-10,24H;1-5H,(H2,9,12,13). The fourth-order valence-corrected chi connectivity index (χ4v) is 5.34. The maximum absolute atomic E-state index is 14.1. The summed E-state index contributed by atoms with van der Waals surface area (Å²) in [7, 11) is -3.72. The predicted octanol–water partition coefficient (Wildman–Crippen LogP) is 6.43. The van der Waals surface area contributed by atoms with Crippen molar-refractivity contribution in [3.8, 4) is 33.2 Å². The molecule has 0 saturated heterocycles. The van der Waals surface area contributed by atoms with E-state index in [0.29, 0.717) is 21.7 Å². The molecule has 42 heavy (non-hydrogen) atoms. The summed E-state index contributed by atoms with van der Waals surface area (Å²) in [6.07, 6.45) is 0.754. The molecule has 3 aromatic carbocycles. The lowest BCUT2D eigenvalue weighted by atomic mass is 10.0. The zero-order valence-electron chi connectivity index (χ0n) is 21.1. The van der Waals surface area contributed by atoms with E-state index in [-0.39, 0.29) is 27.3 Å². The molecule has 9 nitrogen and oxygen atoms in total. The van der Waals surface area contributed by atoms with Gasteiger partial charge in [-0.1, -0.05) is 24.3 Å². The van der Waals surface area contributed by atoms with Crippen molar-refractivity contribution < 1.29 is 30.7 Å². The normalized spacial score (nSPS) is 11.6. The number of hydrogen-bond donors (Lipinski definition) is 2. The number of halogens is 4. The van der Waals surface area contributed by atoms with Crippen LogP contribution in [0.2, 0.25) is 0 Å².